The van der Waals surface area contributed by atoms with Crippen LogP contribution in [0.25, 0.3) is 5.69 Å². The Labute approximate surface area is 144 Å². The second-order valence-corrected chi connectivity index (χ2v) is 5.93. The van der Waals surface area contributed by atoms with Crippen molar-refractivity contribution in [2.75, 3.05) is 23.6 Å². The van der Waals surface area contributed by atoms with Crippen LogP contribution in [0.3, 0.4) is 0 Å². The van der Waals surface area contributed by atoms with Gasteiger partial charge in [-0.05, 0) is 32.2 Å². The number of rotatable bonds is 7. The minimum Gasteiger partial charge on any atom is -0.358 e. The summed E-state index contributed by atoms with van der Waals surface area (Å²) in [6.07, 6.45) is 6.46. The molecule has 0 saturated heterocycles. The second kappa shape index (κ2) is 8.33. The molecule has 1 amide bonds. The number of aromatic nitrogens is 3. The lowest BCUT2D eigenvalue weighted by Crippen LogP contribution is -2.39. The molecule has 2 aromatic rings. The van der Waals surface area contributed by atoms with E-state index in [4.69, 9.17) is 16.3 Å². The minimum atomic E-state index is -0.541. The van der Waals surface area contributed by atoms with Crippen LogP contribution in [-0.4, -0.2) is 45.5 Å². The Morgan fingerprint density at radius 1 is 1.57 bits per heavy atom. The first-order valence-corrected chi connectivity index (χ1v) is 8.93. The molecule has 124 valence electrons. The summed E-state index contributed by atoms with van der Waals surface area (Å²) in [5, 5.41) is 4.52. The predicted octanol–water partition coefficient (Wildman–Crippen LogP) is 3.00. The molecular formula is C15H19ClN4O2S. The Bertz CT molecular complexity index is 650. The molecule has 0 radical (unpaired) electrons. The molecule has 0 saturated carbocycles. The largest absolute Gasteiger partial charge is 0.358 e. The SMILES string of the molecule is CCN(C(=O)C(C)OCSC)c1cn(-c2cccnc2)nc1Cl. The molecule has 0 N–H and O–H groups in total. The summed E-state index contributed by atoms with van der Waals surface area (Å²) in [5.74, 6) is 0.321. The van der Waals surface area contributed by atoms with Crippen molar-refractivity contribution < 1.29 is 9.53 Å². The number of ether oxygens (including phenoxy) is 1. The number of thioether (sulfide) groups is 1. The lowest BCUT2D eigenvalue weighted by molar-refractivity contribution is -0.127. The number of likely N-dealkylation sites (N-methyl/N-ethyl adjacent to an activating group) is 1. The van der Waals surface area contributed by atoms with E-state index < -0.39 is 6.10 Å². The van der Waals surface area contributed by atoms with E-state index in [1.807, 2.05) is 25.3 Å². The van der Waals surface area contributed by atoms with Crippen molar-refractivity contribution in [3.05, 3.63) is 35.9 Å². The van der Waals surface area contributed by atoms with Crippen molar-refractivity contribution in [2.45, 2.75) is 20.0 Å². The van der Waals surface area contributed by atoms with E-state index >= 15 is 0 Å². The fourth-order valence-electron chi connectivity index (χ4n) is 2.05. The number of nitrogens with zero attached hydrogens (tertiary/aromatic N) is 4. The van der Waals surface area contributed by atoms with E-state index in [2.05, 4.69) is 10.1 Å². The van der Waals surface area contributed by atoms with Crippen molar-refractivity contribution in [1.82, 2.24) is 14.8 Å². The van der Waals surface area contributed by atoms with Gasteiger partial charge in [0, 0.05) is 12.7 Å². The molecule has 2 rings (SSSR count). The molecule has 2 heterocycles. The molecule has 8 heteroatoms. The average Bonchev–Trinajstić information content (AvgIpc) is 2.96. The predicted molar refractivity (Wildman–Crippen MR) is 93.3 cm³/mol. The fourth-order valence-corrected chi connectivity index (χ4v) is 2.62. The summed E-state index contributed by atoms with van der Waals surface area (Å²) < 4.78 is 7.09. The number of amides is 1. The van der Waals surface area contributed by atoms with Gasteiger partial charge in [0.15, 0.2) is 5.15 Å². The van der Waals surface area contributed by atoms with Crippen LogP contribution in [0.1, 0.15) is 13.8 Å². The van der Waals surface area contributed by atoms with Gasteiger partial charge in [0.25, 0.3) is 5.91 Å². The molecule has 2 aromatic heterocycles. The number of anilines is 1. The van der Waals surface area contributed by atoms with Gasteiger partial charge in [-0.1, -0.05) is 11.6 Å². The average molecular weight is 355 g/mol. The van der Waals surface area contributed by atoms with Gasteiger partial charge in [-0.25, -0.2) is 4.68 Å². The summed E-state index contributed by atoms with van der Waals surface area (Å²) in [5.41, 5.74) is 1.33. The number of carbonyl (C=O) groups excluding carboxylic acids is 1. The zero-order valence-electron chi connectivity index (χ0n) is 13.3. The zero-order valence-corrected chi connectivity index (χ0v) is 14.8. The van der Waals surface area contributed by atoms with Gasteiger partial charge in [0.05, 0.1) is 24.0 Å². The minimum absolute atomic E-state index is 0.144. The molecule has 0 bridgehead atoms. The van der Waals surface area contributed by atoms with Crippen LogP contribution < -0.4 is 4.90 Å². The second-order valence-electron chi connectivity index (χ2n) is 4.76. The van der Waals surface area contributed by atoms with Crippen LogP contribution in [0.5, 0.6) is 0 Å². The number of pyridine rings is 1. The number of carbonyl (C=O) groups is 1. The highest BCUT2D eigenvalue weighted by Gasteiger charge is 2.25. The van der Waals surface area contributed by atoms with E-state index in [0.717, 1.165) is 5.69 Å². The first-order chi connectivity index (χ1) is 11.1. The zero-order chi connectivity index (χ0) is 16.8. The topological polar surface area (TPSA) is 60.2 Å². The lowest BCUT2D eigenvalue weighted by atomic mass is 10.3. The fraction of sp³-hybridized carbons (Fsp3) is 0.400. The normalized spacial score (nSPS) is 12.2. The van der Waals surface area contributed by atoms with E-state index in [1.54, 1.807) is 35.1 Å². The standard InChI is InChI=1S/C15H19ClN4O2S/c1-4-19(15(21)11(2)22-10-23-3)13-9-20(18-14(13)16)12-6-5-7-17-8-12/h5-9,11H,4,10H2,1-3H3. The molecule has 0 aliphatic carbocycles. The summed E-state index contributed by atoms with van der Waals surface area (Å²) in [4.78, 5) is 18.2. The number of halogens is 1. The van der Waals surface area contributed by atoms with E-state index in [0.29, 0.717) is 18.2 Å². The monoisotopic (exact) mass is 354 g/mol. The third kappa shape index (κ3) is 4.25. The van der Waals surface area contributed by atoms with Crippen LogP contribution in [0.2, 0.25) is 5.15 Å². The van der Waals surface area contributed by atoms with Gasteiger partial charge < -0.3 is 9.64 Å². The highest BCUT2D eigenvalue weighted by atomic mass is 35.5. The van der Waals surface area contributed by atoms with Crippen LogP contribution in [0.15, 0.2) is 30.7 Å². The molecule has 1 atom stereocenters. The molecular weight excluding hydrogens is 336 g/mol. The molecule has 0 aromatic carbocycles. The number of hydrogen-bond donors (Lipinski definition) is 0. The maximum Gasteiger partial charge on any atom is 0.255 e. The Kier molecular flexibility index (Phi) is 6.44. The third-order valence-electron chi connectivity index (χ3n) is 3.22. The Morgan fingerprint density at radius 2 is 2.35 bits per heavy atom. The summed E-state index contributed by atoms with van der Waals surface area (Å²) in [6.45, 7) is 4.10. The maximum absolute atomic E-state index is 12.6. The first kappa shape index (κ1) is 17.8. The van der Waals surface area contributed by atoms with Crippen molar-refractivity contribution in [1.29, 1.82) is 0 Å². The van der Waals surface area contributed by atoms with Crippen molar-refractivity contribution in [3.63, 3.8) is 0 Å². The molecule has 6 nitrogen and oxygen atoms in total. The Balaban J connectivity index is 2.25. The number of hydrogen-bond acceptors (Lipinski definition) is 5. The van der Waals surface area contributed by atoms with Crippen LogP contribution >= 0.6 is 23.4 Å². The van der Waals surface area contributed by atoms with Crippen molar-refractivity contribution >= 4 is 35.0 Å². The van der Waals surface area contributed by atoms with Crippen LogP contribution in [0, 0.1) is 0 Å². The summed E-state index contributed by atoms with van der Waals surface area (Å²) >= 11 is 7.75. The highest BCUT2D eigenvalue weighted by Crippen LogP contribution is 2.26. The van der Waals surface area contributed by atoms with Gasteiger partial charge in [-0.3, -0.25) is 9.78 Å². The van der Waals surface area contributed by atoms with Gasteiger partial charge in [0.2, 0.25) is 0 Å². The Morgan fingerprint density at radius 3 is 2.96 bits per heavy atom. The van der Waals surface area contributed by atoms with Crippen molar-refractivity contribution in [2.24, 2.45) is 0 Å². The molecule has 0 aliphatic heterocycles. The van der Waals surface area contributed by atoms with Gasteiger partial charge in [0.1, 0.15) is 11.8 Å². The molecule has 23 heavy (non-hydrogen) atoms. The smallest absolute Gasteiger partial charge is 0.255 e. The third-order valence-corrected chi connectivity index (χ3v) is 3.86. The van der Waals surface area contributed by atoms with Crippen LogP contribution in [-0.2, 0) is 9.53 Å². The molecule has 1 unspecified atom stereocenters. The summed E-state index contributed by atoms with van der Waals surface area (Å²) in [6, 6.07) is 3.67. The maximum atomic E-state index is 12.6. The first-order valence-electron chi connectivity index (χ1n) is 7.16. The van der Waals surface area contributed by atoms with E-state index in [1.165, 1.54) is 11.8 Å². The van der Waals surface area contributed by atoms with Crippen molar-refractivity contribution in [3.8, 4) is 5.69 Å². The van der Waals surface area contributed by atoms with Gasteiger partial charge in [-0.15, -0.1) is 11.8 Å². The van der Waals surface area contributed by atoms with E-state index in [9.17, 15) is 4.79 Å². The van der Waals surface area contributed by atoms with Gasteiger partial charge in [-0.2, -0.15) is 5.10 Å². The Hall–Kier alpha value is -1.57. The lowest BCUT2D eigenvalue weighted by Gasteiger charge is -2.23. The van der Waals surface area contributed by atoms with E-state index in [-0.39, 0.29) is 11.1 Å². The quantitative estimate of drug-likeness (QED) is 0.715. The summed E-state index contributed by atoms with van der Waals surface area (Å²) in [7, 11) is 0. The molecule has 0 aliphatic rings. The van der Waals surface area contributed by atoms with Gasteiger partial charge >= 0.3 is 0 Å². The molecule has 0 spiro atoms. The highest BCUT2D eigenvalue weighted by molar-refractivity contribution is 7.98. The molecule has 0 fully saturated rings. The van der Waals surface area contributed by atoms with Crippen LogP contribution in [0.4, 0.5) is 5.69 Å².